The van der Waals surface area contributed by atoms with E-state index >= 15 is 0 Å². The molecule has 0 saturated carbocycles. The average molecular weight is 339 g/mol. The third-order valence-electron chi connectivity index (χ3n) is 4.22. The van der Waals surface area contributed by atoms with E-state index in [4.69, 9.17) is 0 Å². The minimum absolute atomic E-state index is 0.0813. The summed E-state index contributed by atoms with van der Waals surface area (Å²) in [6.45, 7) is 2.02. The van der Waals surface area contributed by atoms with E-state index in [-0.39, 0.29) is 17.7 Å². The van der Waals surface area contributed by atoms with Crippen molar-refractivity contribution in [1.82, 2.24) is 5.32 Å². The minimum atomic E-state index is -0.0883. The molecule has 1 unspecified atom stereocenters. The molecule has 2 aromatic rings. The molecular weight excluding hydrogens is 318 g/mol. The fourth-order valence-electron chi connectivity index (χ4n) is 2.87. The van der Waals surface area contributed by atoms with Crippen LogP contribution in [0.2, 0.25) is 0 Å². The zero-order chi connectivity index (χ0) is 16.9. The Hall–Kier alpha value is -2.07. The number of fused-ring (bicyclic) bond motifs is 1. The van der Waals surface area contributed by atoms with Crippen molar-refractivity contribution >= 4 is 23.5 Å². The highest BCUT2D eigenvalue weighted by molar-refractivity contribution is 7.99. The van der Waals surface area contributed by atoms with Gasteiger partial charge in [-0.15, -0.1) is 11.8 Å². The van der Waals surface area contributed by atoms with E-state index in [1.54, 1.807) is 17.8 Å². The van der Waals surface area contributed by atoms with Gasteiger partial charge in [-0.1, -0.05) is 42.5 Å². The number of thioether (sulfide) groups is 1. The molecule has 0 bridgehead atoms. The highest BCUT2D eigenvalue weighted by atomic mass is 32.2. The van der Waals surface area contributed by atoms with Gasteiger partial charge < -0.3 is 5.32 Å². The van der Waals surface area contributed by atoms with E-state index in [1.807, 2.05) is 37.3 Å². The molecule has 1 atom stereocenters. The zero-order valence-electron chi connectivity index (χ0n) is 13.7. The predicted octanol–water partition coefficient (Wildman–Crippen LogP) is 4.12. The molecule has 0 radical (unpaired) electrons. The first-order valence-corrected chi connectivity index (χ1v) is 9.27. The third kappa shape index (κ3) is 3.88. The van der Waals surface area contributed by atoms with Crippen molar-refractivity contribution in [3.8, 4) is 0 Å². The van der Waals surface area contributed by atoms with E-state index < -0.39 is 0 Å². The van der Waals surface area contributed by atoms with Gasteiger partial charge in [-0.05, 0) is 31.4 Å². The van der Waals surface area contributed by atoms with E-state index in [1.165, 1.54) is 5.56 Å². The van der Waals surface area contributed by atoms with Crippen molar-refractivity contribution in [2.75, 3.05) is 5.75 Å². The maximum Gasteiger partial charge on any atom is 0.252 e. The first-order chi connectivity index (χ1) is 11.6. The van der Waals surface area contributed by atoms with Gasteiger partial charge in [0, 0.05) is 28.7 Å². The molecule has 4 heteroatoms. The summed E-state index contributed by atoms with van der Waals surface area (Å²) in [6.07, 6.45) is 2.37. The van der Waals surface area contributed by atoms with Crippen LogP contribution < -0.4 is 5.32 Å². The van der Waals surface area contributed by atoms with E-state index in [2.05, 4.69) is 17.4 Å². The Kier molecular flexibility index (Phi) is 5.36. The van der Waals surface area contributed by atoms with Crippen LogP contribution in [0.5, 0.6) is 0 Å². The highest BCUT2D eigenvalue weighted by Crippen LogP contribution is 2.33. The lowest BCUT2D eigenvalue weighted by Crippen LogP contribution is -2.33. The maximum atomic E-state index is 12.6. The highest BCUT2D eigenvalue weighted by Gasteiger charge is 2.23. The molecule has 1 amide bonds. The van der Waals surface area contributed by atoms with Crippen LogP contribution in [-0.2, 0) is 6.42 Å². The summed E-state index contributed by atoms with van der Waals surface area (Å²) in [4.78, 5) is 25.4. The standard InChI is InChI=1S/C20H21NO2S/c1-14(10-11-15-6-3-2-4-7-15)21-20(23)17-9-5-8-16-18(22)12-13-24-19(16)17/h2-9,14H,10-13H2,1H3,(H,21,23). The van der Waals surface area contributed by atoms with Crippen LogP contribution in [-0.4, -0.2) is 23.5 Å². The molecule has 2 aromatic carbocycles. The molecular formula is C20H21NO2S. The third-order valence-corrected chi connectivity index (χ3v) is 5.36. The summed E-state index contributed by atoms with van der Waals surface area (Å²) < 4.78 is 0. The van der Waals surface area contributed by atoms with Crippen LogP contribution in [0.4, 0.5) is 0 Å². The summed E-state index contributed by atoms with van der Waals surface area (Å²) in [7, 11) is 0. The van der Waals surface area contributed by atoms with Gasteiger partial charge >= 0.3 is 0 Å². The quantitative estimate of drug-likeness (QED) is 0.891. The van der Waals surface area contributed by atoms with Gasteiger partial charge in [0.2, 0.25) is 0 Å². The fraction of sp³-hybridized carbons (Fsp3) is 0.300. The largest absolute Gasteiger partial charge is 0.350 e. The number of ketones is 1. The Balaban J connectivity index is 1.65. The molecule has 0 saturated heterocycles. The van der Waals surface area contributed by atoms with Crippen molar-refractivity contribution < 1.29 is 9.59 Å². The molecule has 0 spiro atoms. The second-order valence-electron chi connectivity index (χ2n) is 6.10. The molecule has 1 aliphatic heterocycles. The topological polar surface area (TPSA) is 46.2 Å². The first-order valence-electron chi connectivity index (χ1n) is 8.29. The van der Waals surface area contributed by atoms with E-state index in [0.29, 0.717) is 17.5 Å². The van der Waals surface area contributed by atoms with E-state index in [0.717, 1.165) is 23.5 Å². The molecule has 24 heavy (non-hydrogen) atoms. The number of hydrogen-bond acceptors (Lipinski definition) is 3. The zero-order valence-corrected chi connectivity index (χ0v) is 14.6. The summed E-state index contributed by atoms with van der Waals surface area (Å²) in [6, 6.07) is 15.8. The van der Waals surface area contributed by atoms with Gasteiger partial charge in [-0.3, -0.25) is 9.59 Å². The first kappa shape index (κ1) is 16.8. The molecule has 1 heterocycles. The van der Waals surface area contributed by atoms with Crippen LogP contribution in [0, 0.1) is 0 Å². The SMILES string of the molecule is CC(CCc1ccccc1)NC(=O)c1cccc2c1SCCC2=O. The number of carbonyl (C=O) groups excluding carboxylic acids is 2. The number of amides is 1. The van der Waals surface area contributed by atoms with Gasteiger partial charge in [-0.2, -0.15) is 0 Å². The van der Waals surface area contributed by atoms with Crippen LogP contribution in [0.1, 0.15) is 46.0 Å². The second-order valence-corrected chi connectivity index (χ2v) is 7.21. The summed E-state index contributed by atoms with van der Waals surface area (Å²) in [5.74, 6) is 0.796. The fourth-order valence-corrected chi connectivity index (χ4v) is 4.02. The van der Waals surface area contributed by atoms with Crippen LogP contribution in [0.25, 0.3) is 0 Å². The molecule has 0 aromatic heterocycles. The summed E-state index contributed by atoms with van der Waals surface area (Å²) in [5.41, 5.74) is 2.59. The van der Waals surface area contributed by atoms with Gasteiger partial charge in [-0.25, -0.2) is 0 Å². The Morgan fingerprint density at radius 2 is 1.96 bits per heavy atom. The summed E-state index contributed by atoms with van der Waals surface area (Å²) >= 11 is 1.60. The van der Waals surface area contributed by atoms with Crippen molar-refractivity contribution in [1.29, 1.82) is 0 Å². The van der Waals surface area contributed by atoms with Gasteiger partial charge in [0.15, 0.2) is 5.78 Å². The number of rotatable bonds is 5. The molecule has 0 fully saturated rings. The van der Waals surface area contributed by atoms with Crippen LogP contribution in [0.15, 0.2) is 53.4 Å². The van der Waals surface area contributed by atoms with Crippen molar-refractivity contribution in [3.05, 3.63) is 65.2 Å². The normalized spacial score (nSPS) is 14.8. The minimum Gasteiger partial charge on any atom is -0.350 e. The average Bonchev–Trinajstić information content (AvgIpc) is 2.61. The molecule has 1 aliphatic rings. The number of hydrogen-bond donors (Lipinski definition) is 1. The number of nitrogens with one attached hydrogen (secondary N) is 1. The molecule has 3 nitrogen and oxygen atoms in total. The lowest BCUT2D eigenvalue weighted by atomic mass is 10.0. The number of aryl methyl sites for hydroxylation is 1. The second kappa shape index (κ2) is 7.67. The number of Topliss-reactive ketones (excluding diaryl/α,β-unsaturated/α-hetero) is 1. The van der Waals surface area contributed by atoms with Gasteiger partial charge in [0.25, 0.3) is 5.91 Å². The number of benzene rings is 2. The van der Waals surface area contributed by atoms with Crippen LogP contribution >= 0.6 is 11.8 Å². The van der Waals surface area contributed by atoms with E-state index in [9.17, 15) is 9.59 Å². The lowest BCUT2D eigenvalue weighted by Gasteiger charge is -2.19. The molecule has 3 rings (SSSR count). The molecule has 1 N–H and O–H groups in total. The van der Waals surface area contributed by atoms with Crippen molar-refractivity contribution in [2.24, 2.45) is 0 Å². The maximum absolute atomic E-state index is 12.6. The molecule has 124 valence electrons. The lowest BCUT2D eigenvalue weighted by molar-refractivity contribution is 0.0935. The smallest absolute Gasteiger partial charge is 0.252 e. The predicted molar refractivity (Wildman–Crippen MR) is 97.8 cm³/mol. The van der Waals surface area contributed by atoms with Crippen LogP contribution in [0.3, 0.4) is 0 Å². The Labute approximate surface area is 146 Å². The Morgan fingerprint density at radius 1 is 1.17 bits per heavy atom. The number of carbonyl (C=O) groups is 2. The molecule has 0 aliphatic carbocycles. The Bertz CT molecular complexity index is 743. The van der Waals surface area contributed by atoms with Crippen molar-refractivity contribution in [2.45, 2.75) is 37.1 Å². The monoisotopic (exact) mass is 339 g/mol. The Morgan fingerprint density at radius 3 is 2.75 bits per heavy atom. The van der Waals surface area contributed by atoms with Gasteiger partial charge in [0.1, 0.15) is 0 Å². The van der Waals surface area contributed by atoms with Crippen molar-refractivity contribution in [3.63, 3.8) is 0 Å². The van der Waals surface area contributed by atoms with Gasteiger partial charge in [0.05, 0.1) is 5.56 Å². The summed E-state index contributed by atoms with van der Waals surface area (Å²) in [5, 5.41) is 3.07.